The van der Waals surface area contributed by atoms with E-state index in [1.54, 1.807) is 25.1 Å². The Balaban J connectivity index is 2.00. The largest absolute Gasteiger partial charge is 0.392 e. The van der Waals surface area contributed by atoms with Crippen molar-refractivity contribution in [3.63, 3.8) is 0 Å². The maximum Gasteiger partial charge on any atom is 0.240 e. The van der Waals surface area contributed by atoms with Gasteiger partial charge in [0.1, 0.15) is 0 Å². The summed E-state index contributed by atoms with van der Waals surface area (Å²) in [7, 11) is -3.50. The first-order chi connectivity index (χ1) is 9.99. The van der Waals surface area contributed by atoms with Crippen LogP contribution >= 0.6 is 0 Å². The molecule has 2 aromatic rings. The van der Waals surface area contributed by atoms with Gasteiger partial charge in [-0.25, -0.2) is 13.1 Å². The van der Waals surface area contributed by atoms with Crippen LogP contribution < -0.4 is 10.0 Å². The number of hydrogen-bond donors (Lipinski definition) is 3. The van der Waals surface area contributed by atoms with Crippen molar-refractivity contribution in [2.75, 3.05) is 19.6 Å². The zero-order valence-electron chi connectivity index (χ0n) is 11.9. The summed E-state index contributed by atoms with van der Waals surface area (Å²) in [5.74, 6) is 0. The van der Waals surface area contributed by atoms with E-state index in [0.29, 0.717) is 13.1 Å². The van der Waals surface area contributed by atoms with E-state index in [0.717, 1.165) is 10.8 Å². The highest BCUT2D eigenvalue weighted by atomic mass is 32.2. The lowest BCUT2D eigenvalue weighted by Crippen LogP contribution is -2.34. The fraction of sp³-hybridized carbons (Fsp3) is 0.333. The fourth-order valence-electron chi connectivity index (χ4n) is 2.00. The smallest absolute Gasteiger partial charge is 0.240 e. The van der Waals surface area contributed by atoms with Crippen LogP contribution in [0.5, 0.6) is 0 Å². The summed E-state index contributed by atoms with van der Waals surface area (Å²) in [4.78, 5) is 0.261. The zero-order valence-corrected chi connectivity index (χ0v) is 12.7. The molecule has 6 heteroatoms. The predicted molar refractivity (Wildman–Crippen MR) is 83.7 cm³/mol. The lowest BCUT2D eigenvalue weighted by molar-refractivity contribution is 0.192. The number of fused-ring (bicyclic) bond motifs is 1. The normalized spacial score (nSPS) is 13.4. The van der Waals surface area contributed by atoms with Gasteiger partial charge in [0, 0.05) is 19.6 Å². The molecule has 0 bridgehead atoms. The van der Waals surface area contributed by atoms with E-state index in [1.165, 1.54) is 0 Å². The van der Waals surface area contributed by atoms with Crippen LogP contribution in [0, 0.1) is 0 Å². The van der Waals surface area contributed by atoms with Gasteiger partial charge in [-0.3, -0.25) is 0 Å². The van der Waals surface area contributed by atoms with Crippen molar-refractivity contribution in [1.29, 1.82) is 0 Å². The third-order valence-corrected chi connectivity index (χ3v) is 4.52. The Bertz CT molecular complexity index is 699. The third kappa shape index (κ3) is 4.50. The highest BCUT2D eigenvalue weighted by molar-refractivity contribution is 7.89. The monoisotopic (exact) mass is 308 g/mol. The van der Waals surface area contributed by atoms with Crippen LogP contribution in [0.2, 0.25) is 0 Å². The van der Waals surface area contributed by atoms with Gasteiger partial charge in [0.2, 0.25) is 10.0 Å². The molecule has 1 atom stereocenters. The Morgan fingerprint density at radius 2 is 1.81 bits per heavy atom. The van der Waals surface area contributed by atoms with E-state index in [2.05, 4.69) is 10.0 Å². The molecule has 2 rings (SSSR count). The summed E-state index contributed by atoms with van der Waals surface area (Å²) in [6.07, 6.45) is -0.443. The molecule has 5 nitrogen and oxygen atoms in total. The first kappa shape index (κ1) is 15.9. The van der Waals surface area contributed by atoms with E-state index < -0.39 is 16.1 Å². The van der Waals surface area contributed by atoms with Gasteiger partial charge >= 0.3 is 0 Å². The van der Waals surface area contributed by atoms with Crippen molar-refractivity contribution in [2.24, 2.45) is 0 Å². The highest BCUT2D eigenvalue weighted by Crippen LogP contribution is 2.18. The summed E-state index contributed by atoms with van der Waals surface area (Å²) in [6, 6.07) is 12.7. The molecular formula is C15H20N2O3S. The molecule has 21 heavy (non-hydrogen) atoms. The maximum absolute atomic E-state index is 12.2. The van der Waals surface area contributed by atoms with Gasteiger partial charge in [0.05, 0.1) is 11.0 Å². The molecule has 0 aliphatic heterocycles. The van der Waals surface area contributed by atoms with Crippen molar-refractivity contribution < 1.29 is 13.5 Å². The Morgan fingerprint density at radius 1 is 1.10 bits per heavy atom. The lowest BCUT2D eigenvalue weighted by Gasteiger charge is -2.09. The standard InChI is InChI=1S/C15H20N2O3S/c1-12(18)11-16-8-9-17-21(19,20)15-7-6-13-4-2-3-5-14(13)10-15/h2-7,10,12,16-18H,8-9,11H2,1H3. The van der Waals surface area contributed by atoms with Crippen molar-refractivity contribution >= 4 is 20.8 Å². The molecule has 1 unspecified atom stereocenters. The molecule has 3 N–H and O–H groups in total. The minimum Gasteiger partial charge on any atom is -0.392 e. The topological polar surface area (TPSA) is 78.4 Å². The molecule has 0 heterocycles. The number of hydrogen-bond acceptors (Lipinski definition) is 4. The van der Waals surface area contributed by atoms with Gasteiger partial charge in [-0.15, -0.1) is 0 Å². The van der Waals surface area contributed by atoms with Crippen LogP contribution in [-0.2, 0) is 10.0 Å². The van der Waals surface area contributed by atoms with E-state index in [4.69, 9.17) is 5.11 Å². The minimum absolute atomic E-state index is 0.261. The van der Waals surface area contributed by atoms with Crippen LogP contribution in [0.1, 0.15) is 6.92 Å². The molecule has 0 saturated carbocycles. The van der Waals surface area contributed by atoms with Crippen LogP contribution in [0.25, 0.3) is 10.8 Å². The summed E-state index contributed by atoms with van der Waals surface area (Å²) < 4.78 is 26.9. The van der Waals surface area contributed by atoms with Crippen molar-refractivity contribution in [2.45, 2.75) is 17.9 Å². The zero-order chi connectivity index (χ0) is 15.3. The molecule has 2 aromatic carbocycles. The summed E-state index contributed by atoms with van der Waals surface area (Å²) in [6.45, 7) is 2.86. The van der Waals surface area contributed by atoms with Crippen molar-refractivity contribution in [3.8, 4) is 0 Å². The number of nitrogens with one attached hydrogen (secondary N) is 2. The number of sulfonamides is 1. The number of rotatable bonds is 7. The second kappa shape index (κ2) is 7.00. The van der Waals surface area contributed by atoms with Gasteiger partial charge in [-0.1, -0.05) is 30.3 Å². The van der Waals surface area contributed by atoms with Crippen LogP contribution in [0.15, 0.2) is 47.4 Å². The molecule has 0 fully saturated rings. The summed E-state index contributed by atoms with van der Waals surface area (Å²) in [5.41, 5.74) is 0. The highest BCUT2D eigenvalue weighted by Gasteiger charge is 2.13. The van der Waals surface area contributed by atoms with Gasteiger partial charge in [-0.2, -0.15) is 0 Å². The molecule has 0 radical (unpaired) electrons. The Labute approximate surface area is 125 Å². The SMILES string of the molecule is CC(O)CNCCNS(=O)(=O)c1ccc2ccccc2c1. The molecular weight excluding hydrogens is 288 g/mol. The van der Waals surface area contributed by atoms with Crippen LogP contribution in [0.4, 0.5) is 0 Å². The van der Waals surface area contributed by atoms with E-state index >= 15 is 0 Å². The van der Waals surface area contributed by atoms with Gasteiger partial charge in [0.25, 0.3) is 0 Å². The number of aliphatic hydroxyl groups excluding tert-OH is 1. The summed E-state index contributed by atoms with van der Waals surface area (Å²) in [5, 5.41) is 14.0. The maximum atomic E-state index is 12.2. The number of benzene rings is 2. The lowest BCUT2D eigenvalue weighted by atomic mass is 10.1. The molecule has 0 aromatic heterocycles. The third-order valence-electron chi connectivity index (χ3n) is 3.06. The average molecular weight is 308 g/mol. The molecule has 0 spiro atoms. The average Bonchev–Trinajstić information content (AvgIpc) is 2.46. The van der Waals surface area contributed by atoms with Crippen molar-refractivity contribution in [1.82, 2.24) is 10.0 Å². The van der Waals surface area contributed by atoms with Crippen LogP contribution in [0.3, 0.4) is 0 Å². The van der Waals surface area contributed by atoms with Crippen LogP contribution in [-0.4, -0.2) is 39.3 Å². The minimum atomic E-state index is -3.50. The van der Waals surface area contributed by atoms with E-state index in [1.807, 2.05) is 24.3 Å². The second-order valence-electron chi connectivity index (χ2n) is 4.96. The van der Waals surface area contributed by atoms with E-state index in [9.17, 15) is 8.42 Å². The first-order valence-corrected chi connectivity index (χ1v) is 8.34. The van der Waals surface area contributed by atoms with Gasteiger partial charge < -0.3 is 10.4 Å². The first-order valence-electron chi connectivity index (χ1n) is 6.86. The Morgan fingerprint density at radius 3 is 2.52 bits per heavy atom. The molecule has 0 aliphatic rings. The van der Waals surface area contributed by atoms with Gasteiger partial charge in [-0.05, 0) is 29.8 Å². The Kier molecular flexibility index (Phi) is 5.30. The molecule has 0 aliphatic carbocycles. The Hall–Kier alpha value is -1.47. The number of aliphatic hydroxyl groups is 1. The molecule has 114 valence electrons. The summed E-state index contributed by atoms with van der Waals surface area (Å²) >= 11 is 0. The van der Waals surface area contributed by atoms with Gasteiger partial charge in [0.15, 0.2) is 0 Å². The van der Waals surface area contributed by atoms with Crippen molar-refractivity contribution in [3.05, 3.63) is 42.5 Å². The second-order valence-corrected chi connectivity index (χ2v) is 6.73. The fourth-order valence-corrected chi connectivity index (χ4v) is 3.07. The molecule has 0 saturated heterocycles. The molecule has 0 amide bonds. The predicted octanol–water partition coefficient (Wildman–Crippen LogP) is 1.09. The quantitative estimate of drug-likeness (QED) is 0.669. The van der Waals surface area contributed by atoms with E-state index in [-0.39, 0.29) is 11.4 Å².